The summed E-state index contributed by atoms with van der Waals surface area (Å²) in [4.78, 5) is 21.6. The van der Waals surface area contributed by atoms with Crippen LogP contribution < -0.4 is 9.64 Å². The Hall–Kier alpha value is -2.51. The first-order valence-electron chi connectivity index (χ1n) is 9.24. The fourth-order valence-electron chi connectivity index (χ4n) is 2.88. The van der Waals surface area contributed by atoms with Crippen molar-refractivity contribution in [1.82, 2.24) is 9.88 Å². The number of hydrogen-bond acceptors (Lipinski definition) is 5. The van der Waals surface area contributed by atoms with Crippen molar-refractivity contribution in [2.75, 3.05) is 38.7 Å². The molecule has 7 heteroatoms. The lowest BCUT2D eigenvalue weighted by Crippen LogP contribution is -2.33. The van der Waals surface area contributed by atoms with E-state index in [0.717, 1.165) is 23.2 Å². The molecule has 0 aliphatic carbocycles. The van der Waals surface area contributed by atoms with Crippen LogP contribution in [0.3, 0.4) is 0 Å². The molecule has 0 radical (unpaired) electrons. The van der Waals surface area contributed by atoms with E-state index in [9.17, 15) is 9.18 Å². The van der Waals surface area contributed by atoms with Crippen LogP contribution in [0, 0.1) is 5.82 Å². The lowest BCUT2D eigenvalue weighted by molar-refractivity contribution is 0.0986. The summed E-state index contributed by atoms with van der Waals surface area (Å²) >= 11 is 1.46. The number of amides is 1. The molecule has 3 aromatic rings. The van der Waals surface area contributed by atoms with Gasteiger partial charge in [0.15, 0.2) is 5.13 Å². The van der Waals surface area contributed by atoms with Crippen molar-refractivity contribution in [2.24, 2.45) is 0 Å². The minimum absolute atomic E-state index is 0.184. The summed E-state index contributed by atoms with van der Waals surface area (Å²) in [7, 11) is 4.00. The van der Waals surface area contributed by atoms with Gasteiger partial charge in [-0.05, 0) is 70.4 Å². The third-order valence-corrected chi connectivity index (χ3v) is 5.27. The molecule has 1 heterocycles. The fraction of sp³-hybridized carbons (Fsp3) is 0.333. The Kier molecular flexibility index (Phi) is 6.59. The Balaban J connectivity index is 1.95. The maximum Gasteiger partial charge on any atom is 0.260 e. The van der Waals surface area contributed by atoms with Gasteiger partial charge in [0.25, 0.3) is 5.91 Å². The molecule has 148 valence electrons. The van der Waals surface area contributed by atoms with E-state index in [0.29, 0.717) is 29.6 Å². The van der Waals surface area contributed by atoms with Crippen LogP contribution in [0.25, 0.3) is 10.2 Å². The van der Waals surface area contributed by atoms with Gasteiger partial charge in [-0.2, -0.15) is 0 Å². The normalized spacial score (nSPS) is 11.2. The van der Waals surface area contributed by atoms with Gasteiger partial charge in [-0.15, -0.1) is 0 Å². The molecule has 0 atom stereocenters. The largest absolute Gasteiger partial charge is 0.492 e. The van der Waals surface area contributed by atoms with E-state index in [1.165, 1.54) is 35.6 Å². The van der Waals surface area contributed by atoms with Gasteiger partial charge >= 0.3 is 0 Å². The average molecular weight is 402 g/mol. The van der Waals surface area contributed by atoms with E-state index in [4.69, 9.17) is 9.72 Å². The number of anilines is 1. The Bertz CT molecular complexity index is 940. The molecule has 3 rings (SSSR count). The summed E-state index contributed by atoms with van der Waals surface area (Å²) in [5.41, 5.74) is 1.20. The van der Waals surface area contributed by atoms with E-state index in [1.54, 1.807) is 4.90 Å². The molecule has 0 spiro atoms. The number of rotatable bonds is 8. The van der Waals surface area contributed by atoms with E-state index in [2.05, 4.69) is 4.90 Å². The summed E-state index contributed by atoms with van der Waals surface area (Å²) in [5, 5.41) is 0.621. The predicted octanol–water partition coefficient (Wildman–Crippen LogP) is 4.43. The lowest BCUT2D eigenvalue weighted by atomic mass is 10.2. The summed E-state index contributed by atoms with van der Waals surface area (Å²) in [5.74, 6) is 0.165. The van der Waals surface area contributed by atoms with E-state index < -0.39 is 0 Å². The molecule has 0 saturated carbocycles. The first kappa shape index (κ1) is 20.2. The topological polar surface area (TPSA) is 45.7 Å². The van der Waals surface area contributed by atoms with Crippen LogP contribution in [0.2, 0.25) is 0 Å². The van der Waals surface area contributed by atoms with Gasteiger partial charge in [-0.3, -0.25) is 9.69 Å². The third kappa shape index (κ3) is 4.66. The Morgan fingerprint density at radius 1 is 1.14 bits per heavy atom. The van der Waals surface area contributed by atoms with Crippen LogP contribution in [0.5, 0.6) is 5.75 Å². The maximum absolute atomic E-state index is 13.3. The van der Waals surface area contributed by atoms with Crippen molar-refractivity contribution < 1.29 is 13.9 Å². The van der Waals surface area contributed by atoms with Crippen molar-refractivity contribution >= 4 is 32.6 Å². The van der Waals surface area contributed by atoms with Gasteiger partial charge < -0.3 is 9.64 Å². The monoisotopic (exact) mass is 401 g/mol. The molecule has 0 saturated heterocycles. The summed E-state index contributed by atoms with van der Waals surface area (Å²) < 4.78 is 19.9. The SMILES string of the molecule is CCOc1cccc2sc(N(CCCN(C)C)C(=O)c3ccc(F)cc3)nc12. The predicted molar refractivity (Wildman–Crippen MR) is 112 cm³/mol. The molecular formula is C21H24FN3O2S. The summed E-state index contributed by atoms with van der Waals surface area (Å²) in [6, 6.07) is 11.4. The first-order chi connectivity index (χ1) is 13.5. The Morgan fingerprint density at radius 2 is 1.89 bits per heavy atom. The van der Waals surface area contributed by atoms with Crippen molar-refractivity contribution in [3.8, 4) is 5.75 Å². The number of nitrogens with zero attached hydrogens (tertiary/aromatic N) is 3. The number of benzene rings is 2. The molecule has 1 aromatic heterocycles. The minimum Gasteiger partial charge on any atom is -0.492 e. The minimum atomic E-state index is -0.364. The third-order valence-electron chi connectivity index (χ3n) is 4.22. The zero-order valence-electron chi connectivity index (χ0n) is 16.3. The van der Waals surface area contributed by atoms with Gasteiger partial charge in [-0.25, -0.2) is 9.37 Å². The highest BCUT2D eigenvalue weighted by Crippen LogP contribution is 2.34. The number of ether oxygens (including phenoxy) is 1. The van der Waals surface area contributed by atoms with Crippen LogP contribution in [-0.4, -0.2) is 49.6 Å². The van der Waals surface area contributed by atoms with Crippen LogP contribution >= 0.6 is 11.3 Å². The second-order valence-electron chi connectivity index (χ2n) is 6.65. The molecular weight excluding hydrogens is 377 g/mol. The Morgan fingerprint density at radius 3 is 2.57 bits per heavy atom. The fourth-order valence-corrected chi connectivity index (χ4v) is 3.88. The van der Waals surface area contributed by atoms with E-state index in [1.807, 2.05) is 39.2 Å². The highest BCUT2D eigenvalue weighted by molar-refractivity contribution is 7.22. The van der Waals surface area contributed by atoms with Crippen LogP contribution in [0.4, 0.5) is 9.52 Å². The van der Waals surface area contributed by atoms with Gasteiger partial charge in [0.05, 0.1) is 11.3 Å². The zero-order chi connectivity index (χ0) is 20.1. The van der Waals surface area contributed by atoms with Crippen LogP contribution in [0.1, 0.15) is 23.7 Å². The zero-order valence-corrected chi connectivity index (χ0v) is 17.1. The van der Waals surface area contributed by atoms with Gasteiger partial charge in [0.1, 0.15) is 17.1 Å². The molecule has 2 aromatic carbocycles. The standard InChI is InChI=1S/C21H24FN3O2S/c1-4-27-17-7-5-8-18-19(17)23-21(28-18)25(14-6-13-24(2)3)20(26)15-9-11-16(22)12-10-15/h5,7-12H,4,6,13-14H2,1-3H3. The van der Waals surface area contributed by atoms with Crippen LogP contribution in [-0.2, 0) is 0 Å². The molecule has 0 fully saturated rings. The van der Waals surface area contributed by atoms with Crippen LogP contribution in [0.15, 0.2) is 42.5 Å². The number of para-hydroxylation sites is 1. The molecule has 0 unspecified atom stereocenters. The average Bonchev–Trinajstić information content (AvgIpc) is 3.10. The van der Waals surface area contributed by atoms with Gasteiger partial charge in [0.2, 0.25) is 0 Å². The number of carbonyl (C=O) groups excluding carboxylic acids is 1. The molecule has 28 heavy (non-hydrogen) atoms. The molecule has 0 bridgehead atoms. The lowest BCUT2D eigenvalue weighted by Gasteiger charge is -2.21. The smallest absolute Gasteiger partial charge is 0.260 e. The molecule has 0 aliphatic heterocycles. The number of fused-ring (bicyclic) bond motifs is 1. The molecule has 0 N–H and O–H groups in total. The number of aromatic nitrogens is 1. The number of thiazole rings is 1. The highest BCUT2D eigenvalue weighted by Gasteiger charge is 2.22. The van der Waals surface area contributed by atoms with Crippen molar-refractivity contribution in [3.05, 3.63) is 53.8 Å². The second kappa shape index (κ2) is 9.12. The quantitative estimate of drug-likeness (QED) is 0.560. The molecule has 5 nitrogen and oxygen atoms in total. The number of hydrogen-bond donors (Lipinski definition) is 0. The summed E-state index contributed by atoms with van der Waals surface area (Å²) in [6.07, 6.45) is 0.800. The van der Waals surface area contributed by atoms with E-state index >= 15 is 0 Å². The Labute approximate surface area is 168 Å². The second-order valence-corrected chi connectivity index (χ2v) is 7.66. The summed E-state index contributed by atoms with van der Waals surface area (Å²) in [6.45, 7) is 3.85. The van der Waals surface area contributed by atoms with Gasteiger partial charge in [0, 0.05) is 12.1 Å². The molecule has 1 amide bonds. The first-order valence-corrected chi connectivity index (χ1v) is 10.1. The van der Waals surface area contributed by atoms with Crippen molar-refractivity contribution in [2.45, 2.75) is 13.3 Å². The number of carbonyl (C=O) groups is 1. The molecule has 0 aliphatic rings. The van der Waals surface area contributed by atoms with Crippen molar-refractivity contribution in [1.29, 1.82) is 0 Å². The maximum atomic E-state index is 13.3. The highest BCUT2D eigenvalue weighted by atomic mass is 32.1. The van der Waals surface area contributed by atoms with E-state index in [-0.39, 0.29) is 11.7 Å². The number of halogens is 1. The van der Waals surface area contributed by atoms with Crippen molar-refractivity contribution in [3.63, 3.8) is 0 Å². The van der Waals surface area contributed by atoms with Gasteiger partial charge in [-0.1, -0.05) is 17.4 Å².